The van der Waals surface area contributed by atoms with Gasteiger partial charge in [0.25, 0.3) is 10.2 Å². The van der Waals surface area contributed by atoms with Gasteiger partial charge in [0, 0.05) is 26.3 Å². The molecule has 180 valence electrons. The van der Waals surface area contributed by atoms with Crippen molar-refractivity contribution in [3.8, 4) is 0 Å². The Morgan fingerprint density at radius 1 is 1.12 bits per heavy atom. The predicted molar refractivity (Wildman–Crippen MR) is 119 cm³/mol. The van der Waals surface area contributed by atoms with Crippen LogP contribution in [0.1, 0.15) is 0 Å². The second kappa shape index (κ2) is 9.29. The molecule has 13 nitrogen and oxygen atoms in total. The number of fused-ring (bicyclic) bond motifs is 1. The van der Waals surface area contributed by atoms with Gasteiger partial charge in [-0.3, -0.25) is 4.68 Å². The van der Waals surface area contributed by atoms with E-state index in [0.29, 0.717) is 49.7 Å². The highest BCUT2D eigenvalue weighted by Crippen LogP contribution is 2.31. The smallest absolute Gasteiger partial charge is 0.280 e. The summed E-state index contributed by atoms with van der Waals surface area (Å²) >= 11 is 6.31. The van der Waals surface area contributed by atoms with E-state index in [1.54, 1.807) is 17.1 Å². The lowest BCUT2D eigenvalue weighted by molar-refractivity contribution is 0.0668. The fraction of sp³-hybridized carbons (Fsp3) is 0.611. The zero-order valence-electron chi connectivity index (χ0n) is 17.8. The van der Waals surface area contributed by atoms with Crippen LogP contribution in [0.25, 0.3) is 0 Å². The van der Waals surface area contributed by atoms with Gasteiger partial charge in [0.15, 0.2) is 5.82 Å². The van der Waals surface area contributed by atoms with Gasteiger partial charge in [0.1, 0.15) is 17.2 Å². The molecule has 3 fully saturated rings. The van der Waals surface area contributed by atoms with E-state index in [4.69, 9.17) is 25.8 Å². The number of hydrogen-bond acceptors (Lipinski definition) is 10. The highest BCUT2D eigenvalue weighted by Gasteiger charge is 2.49. The van der Waals surface area contributed by atoms with Crippen molar-refractivity contribution in [3.05, 3.63) is 23.6 Å². The lowest BCUT2D eigenvalue weighted by atomic mass is 10.1. The average Bonchev–Trinajstić information content (AvgIpc) is 3.50. The molecule has 5 heterocycles. The number of rotatable bonds is 7. The monoisotopic (exact) mass is 500 g/mol. The SMILES string of the molecule is Cn1cc(Nc2ncc(Cl)c(NC3COC4C(NS(=O)(=O)N5CCOCC5)COC34)n2)cn1. The zero-order valence-corrected chi connectivity index (χ0v) is 19.4. The molecule has 5 rings (SSSR count). The Hall–Kier alpha value is -2.07. The maximum atomic E-state index is 12.7. The number of aryl methyl sites for hydroxylation is 1. The Bertz CT molecular complexity index is 1100. The first-order valence-corrected chi connectivity index (χ1v) is 12.3. The molecule has 0 amide bonds. The number of aromatic nitrogens is 4. The Morgan fingerprint density at radius 2 is 1.85 bits per heavy atom. The Labute approximate surface area is 195 Å². The first kappa shape index (κ1) is 22.7. The van der Waals surface area contributed by atoms with Gasteiger partial charge >= 0.3 is 0 Å². The van der Waals surface area contributed by atoms with Crippen molar-refractivity contribution in [2.24, 2.45) is 7.05 Å². The van der Waals surface area contributed by atoms with Gasteiger partial charge in [-0.25, -0.2) is 4.98 Å². The molecule has 4 atom stereocenters. The fourth-order valence-electron chi connectivity index (χ4n) is 4.10. The fourth-order valence-corrected chi connectivity index (χ4v) is 5.61. The van der Waals surface area contributed by atoms with E-state index in [9.17, 15) is 8.42 Å². The molecule has 0 spiro atoms. The molecule has 33 heavy (non-hydrogen) atoms. The summed E-state index contributed by atoms with van der Waals surface area (Å²) in [4.78, 5) is 8.65. The Balaban J connectivity index is 1.23. The number of anilines is 3. The van der Waals surface area contributed by atoms with Crippen molar-refractivity contribution in [1.29, 1.82) is 0 Å². The van der Waals surface area contributed by atoms with Crippen LogP contribution in [0.4, 0.5) is 17.5 Å². The van der Waals surface area contributed by atoms with Gasteiger partial charge in [-0.1, -0.05) is 11.6 Å². The summed E-state index contributed by atoms with van der Waals surface area (Å²) in [6, 6.07) is -0.746. The van der Waals surface area contributed by atoms with E-state index >= 15 is 0 Å². The van der Waals surface area contributed by atoms with Crippen LogP contribution in [-0.4, -0.2) is 96.3 Å². The maximum Gasteiger partial charge on any atom is 0.280 e. The van der Waals surface area contributed by atoms with Crippen LogP contribution in [0.2, 0.25) is 5.02 Å². The number of nitrogens with zero attached hydrogens (tertiary/aromatic N) is 5. The normalized spacial score (nSPS) is 28.1. The topological polar surface area (TPSA) is 145 Å². The summed E-state index contributed by atoms with van der Waals surface area (Å²) in [6.07, 6.45) is 4.17. The third-order valence-corrected chi connectivity index (χ3v) is 7.61. The summed E-state index contributed by atoms with van der Waals surface area (Å²) in [5.74, 6) is 0.780. The number of hydrogen-bond donors (Lipinski definition) is 3. The minimum absolute atomic E-state index is 0.211. The van der Waals surface area contributed by atoms with Gasteiger partial charge in [-0.05, 0) is 0 Å². The molecule has 3 saturated heterocycles. The molecule has 0 radical (unpaired) electrons. The number of ether oxygens (including phenoxy) is 3. The quantitative estimate of drug-likeness (QED) is 0.464. The standard InChI is InChI=1S/C18H25ClN8O5S/c1-26-8-11(6-21-26)22-18-20-7-12(19)17(24-18)23-13-9-31-16-14(10-32-15(13)16)25-33(28,29)27-2-4-30-5-3-27/h6-8,13-16,25H,2-5,9-10H2,1H3,(H2,20,22,23,24). The van der Waals surface area contributed by atoms with Crippen molar-refractivity contribution in [3.63, 3.8) is 0 Å². The van der Waals surface area contributed by atoms with Crippen molar-refractivity contribution < 1.29 is 22.6 Å². The summed E-state index contributed by atoms with van der Waals surface area (Å²) in [5.41, 5.74) is 0.740. The van der Waals surface area contributed by atoms with Crippen molar-refractivity contribution in [1.82, 2.24) is 28.8 Å². The molecule has 15 heteroatoms. The van der Waals surface area contributed by atoms with Crippen LogP contribution in [0, 0.1) is 0 Å². The van der Waals surface area contributed by atoms with Crippen LogP contribution >= 0.6 is 11.6 Å². The molecule has 0 saturated carbocycles. The number of nitrogens with one attached hydrogen (secondary N) is 3. The lowest BCUT2D eigenvalue weighted by Crippen LogP contribution is -2.52. The predicted octanol–water partition coefficient (Wildman–Crippen LogP) is -0.280. The van der Waals surface area contributed by atoms with Gasteiger partial charge in [0.2, 0.25) is 5.95 Å². The van der Waals surface area contributed by atoms with E-state index in [1.807, 2.05) is 7.05 Å². The first-order chi connectivity index (χ1) is 15.9. The van der Waals surface area contributed by atoms with Gasteiger partial charge in [-0.2, -0.15) is 27.5 Å². The maximum absolute atomic E-state index is 12.7. The van der Waals surface area contributed by atoms with E-state index in [1.165, 1.54) is 10.5 Å². The highest BCUT2D eigenvalue weighted by atomic mass is 35.5. The lowest BCUT2D eigenvalue weighted by Gasteiger charge is -2.28. The zero-order chi connectivity index (χ0) is 23.0. The van der Waals surface area contributed by atoms with Crippen LogP contribution in [0.5, 0.6) is 0 Å². The van der Waals surface area contributed by atoms with Crippen molar-refractivity contribution in [2.75, 3.05) is 50.2 Å². The Kier molecular flexibility index (Phi) is 6.39. The molecule has 3 aliphatic heterocycles. The molecule has 0 aromatic carbocycles. The van der Waals surface area contributed by atoms with E-state index in [2.05, 4.69) is 30.4 Å². The van der Waals surface area contributed by atoms with Crippen LogP contribution in [0.3, 0.4) is 0 Å². The van der Waals surface area contributed by atoms with E-state index < -0.39 is 22.4 Å². The summed E-state index contributed by atoms with van der Waals surface area (Å²) in [5, 5.41) is 10.8. The van der Waals surface area contributed by atoms with Gasteiger partial charge in [0.05, 0.1) is 56.6 Å². The third-order valence-electron chi connectivity index (χ3n) is 5.69. The largest absolute Gasteiger partial charge is 0.379 e. The minimum atomic E-state index is -3.66. The van der Waals surface area contributed by atoms with Gasteiger partial charge < -0.3 is 24.8 Å². The minimum Gasteiger partial charge on any atom is -0.379 e. The summed E-state index contributed by atoms with van der Waals surface area (Å²) < 4.78 is 48.3. The number of halogens is 1. The molecule has 3 aliphatic rings. The highest BCUT2D eigenvalue weighted by molar-refractivity contribution is 7.87. The third kappa shape index (κ3) is 4.91. The van der Waals surface area contributed by atoms with Crippen molar-refractivity contribution in [2.45, 2.75) is 24.3 Å². The molecule has 3 N–H and O–H groups in total. The number of morpholine rings is 1. The summed E-state index contributed by atoms with van der Waals surface area (Å²) in [6.45, 7) is 1.94. The first-order valence-electron chi connectivity index (χ1n) is 10.5. The average molecular weight is 501 g/mol. The molecule has 0 aliphatic carbocycles. The second-order valence-electron chi connectivity index (χ2n) is 8.01. The van der Waals surface area contributed by atoms with E-state index in [-0.39, 0.29) is 18.8 Å². The molecule has 0 bridgehead atoms. The van der Waals surface area contributed by atoms with Crippen LogP contribution < -0.4 is 15.4 Å². The summed E-state index contributed by atoms with van der Waals surface area (Å²) in [7, 11) is -1.84. The van der Waals surface area contributed by atoms with Crippen LogP contribution in [-0.2, 0) is 31.5 Å². The molecule has 2 aromatic heterocycles. The molecule has 4 unspecified atom stereocenters. The Morgan fingerprint density at radius 3 is 2.58 bits per heavy atom. The molecular formula is C18H25ClN8O5S. The van der Waals surface area contributed by atoms with Crippen LogP contribution in [0.15, 0.2) is 18.6 Å². The van der Waals surface area contributed by atoms with Gasteiger partial charge in [-0.15, -0.1) is 0 Å². The molecular weight excluding hydrogens is 476 g/mol. The van der Waals surface area contributed by atoms with E-state index in [0.717, 1.165) is 5.69 Å². The second-order valence-corrected chi connectivity index (χ2v) is 10.1. The van der Waals surface area contributed by atoms with Crippen molar-refractivity contribution >= 4 is 39.3 Å². The molecule has 2 aromatic rings.